The Morgan fingerprint density at radius 2 is 1.75 bits per heavy atom. The number of benzene rings is 2. The number of hydrogen-bond acceptors (Lipinski definition) is 3. The minimum Gasteiger partial charge on any atom is -0.490 e. The molecule has 0 aromatic heterocycles. The van der Waals surface area contributed by atoms with Gasteiger partial charge in [0.25, 0.3) is 0 Å². The van der Waals surface area contributed by atoms with E-state index in [9.17, 15) is 4.79 Å². The second kappa shape index (κ2) is 7.97. The van der Waals surface area contributed by atoms with Gasteiger partial charge in [-0.05, 0) is 61.1 Å². The van der Waals surface area contributed by atoms with E-state index in [1.54, 1.807) is 12.1 Å². The molecule has 2 N–H and O–H groups in total. The highest BCUT2D eigenvalue weighted by Crippen LogP contribution is 2.24. The Bertz CT molecular complexity index is 676. The highest BCUT2D eigenvalue weighted by atomic mass is 16.5. The van der Waals surface area contributed by atoms with E-state index >= 15 is 0 Å². The van der Waals surface area contributed by atoms with Gasteiger partial charge in [-0.1, -0.05) is 24.3 Å². The van der Waals surface area contributed by atoms with Gasteiger partial charge in [0.1, 0.15) is 5.75 Å². The Morgan fingerprint density at radius 3 is 2.46 bits per heavy atom. The molecule has 24 heavy (non-hydrogen) atoms. The van der Waals surface area contributed by atoms with Crippen LogP contribution in [0.15, 0.2) is 48.5 Å². The van der Waals surface area contributed by atoms with Crippen LogP contribution in [0.25, 0.3) is 0 Å². The smallest absolute Gasteiger partial charge is 0.335 e. The molecule has 0 spiro atoms. The molecule has 0 atom stereocenters. The second-order valence-corrected chi connectivity index (χ2v) is 6.28. The maximum atomic E-state index is 10.8. The van der Waals surface area contributed by atoms with E-state index in [-0.39, 0.29) is 0 Å². The van der Waals surface area contributed by atoms with Gasteiger partial charge < -0.3 is 15.2 Å². The number of nitrogens with one attached hydrogen (secondary N) is 1. The van der Waals surface area contributed by atoms with Crippen molar-refractivity contribution in [1.29, 1.82) is 0 Å². The molecule has 0 unspecified atom stereocenters. The fourth-order valence-corrected chi connectivity index (χ4v) is 3.04. The van der Waals surface area contributed by atoms with E-state index in [1.807, 2.05) is 24.3 Å². The summed E-state index contributed by atoms with van der Waals surface area (Å²) in [5.74, 6) is 0.0561. The standard InChI is InChI=1S/C20H23NO3/c22-20(23)17-10-8-15(9-11-17)13-21-14-16-4-3-7-19(12-16)24-18-5-1-2-6-18/h3-4,7-12,18,21H,1-2,5-6,13-14H2,(H,22,23). The number of carboxylic acids is 1. The number of carboxylic acid groups (broad SMARTS) is 1. The van der Waals surface area contributed by atoms with Gasteiger partial charge in [0.15, 0.2) is 0 Å². The third-order valence-electron chi connectivity index (χ3n) is 4.36. The van der Waals surface area contributed by atoms with Crippen molar-refractivity contribution in [1.82, 2.24) is 5.32 Å². The summed E-state index contributed by atoms with van der Waals surface area (Å²) in [5.41, 5.74) is 2.57. The van der Waals surface area contributed by atoms with Gasteiger partial charge in [-0.2, -0.15) is 0 Å². The minimum absolute atomic E-state index is 0.315. The average Bonchev–Trinajstić information content (AvgIpc) is 3.09. The predicted octanol–water partition coefficient (Wildman–Crippen LogP) is 4.00. The molecule has 1 aliphatic rings. The maximum Gasteiger partial charge on any atom is 0.335 e. The van der Waals surface area contributed by atoms with Crippen LogP contribution in [0.4, 0.5) is 0 Å². The Hall–Kier alpha value is -2.33. The van der Waals surface area contributed by atoms with Crippen molar-refractivity contribution in [3.8, 4) is 5.75 Å². The highest BCUT2D eigenvalue weighted by molar-refractivity contribution is 5.87. The summed E-state index contributed by atoms with van der Waals surface area (Å²) < 4.78 is 6.03. The van der Waals surface area contributed by atoms with Gasteiger partial charge in [-0.3, -0.25) is 0 Å². The van der Waals surface area contributed by atoms with E-state index in [4.69, 9.17) is 9.84 Å². The van der Waals surface area contributed by atoms with Crippen LogP contribution in [0, 0.1) is 0 Å². The first-order valence-electron chi connectivity index (χ1n) is 8.49. The number of ether oxygens (including phenoxy) is 1. The number of rotatable bonds is 7. The molecule has 2 aromatic carbocycles. The van der Waals surface area contributed by atoms with Gasteiger partial charge in [-0.25, -0.2) is 4.79 Å². The molecule has 126 valence electrons. The number of hydrogen-bond donors (Lipinski definition) is 2. The highest BCUT2D eigenvalue weighted by Gasteiger charge is 2.16. The summed E-state index contributed by atoms with van der Waals surface area (Å²) in [6.45, 7) is 1.45. The Labute approximate surface area is 142 Å². The summed E-state index contributed by atoms with van der Waals surface area (Å²) in [4.78, 5) is 10.8. The molecular formula is C20H23NO3. The van der Waals surface area contributed by atoms with Crippen LogP contribution in [-0.2, 0) is 13.1 Å². The quantitative estimate of drug-likeness (QED) is 0.808. The Kier molecular flexibility index (Phi) is 5.49. The molecule has 4 heteroatoms. The van der Waals surface area contributed by atoms with Crippen molar-refractivity contribution in [3.63, 3.8) is 0 Å². The molecular weight excluding hydrogens is 302 g/mol. The van der Waals surface area contributed by atoms with Crippen molar-refractivity contribution in [3.05, 3.63) is 65.2 Å². The first-order chi connectivity index (χ1) is 11.7. The largest absolute Gasteiger partial charge is 0.490 e. The van der Waals surface area contributed by atoms with Crippen LogP contribution >= 0.6 is 0 Å². The minimum atomic E-state index is -0.895. The van der Waals surface area contributed by atoms with E-state index in [0.717, 1.165) is 30.7 Å². The zero-order valence-corrected chi connectivity index (χ0v) is 13.7. The van der Waals surface area contributed by atoms with Gasteiger partial charge in [0.2, 0.25) is 0 Å². The molecule has 4 nitrogen and oxygen atoms in total. The fourth-order valence-electron chi connectivity index (χ4n) is 3.04. The van der Waals surface area contributed by atoms with E-state index in [1.165, 1.54) is 18.4 Å². The third kappa shape index (κ3) is 4.59. The third-order valence-corrected chi connectivity index (χ3v) is 4.36. The normalized spacial score (nSPS) is 14.7. The van der Waals surface area contributed by atoms with Crippen molar-refractivity contribution >= 4 is 5.97 Å². The monoisotopic (exact) mass is 325 g/mol. The predicted molar refractivity (Wildman–Crippen MR) is 93.3 cm³/mol. The summed E-state index contributed by atoms with van der Waals surface area (Å²) in [6.07, 6.45) is 5.24. The van der Waals surface area contributed by atoms with Crippen LogP contribution in [0.1, 0.15) is 47.2 Å². The summed E-state index contributed by atoms with van der Waals surface area (Å²) in [7, 11) is 0. The van der Waals surface area contributed by atoms with Gasteiger partial charge in [0, 0.05) is 13.1 Å². The molecule has 0 bridgehead atoms. The first-order valence-corrected chi connectivity index (χ1v) is 8.49. The van der Waals surface area contributed by atoms with Crippen molar-refractivity contribution in [2.45, 2.75) is 44.9 Å². The van der Waals surface area contributed by atoms with Crippen LogP contribution in [0.5, 0.6) is 5.75 Å². The zero-order chi connectivity index (χ0) is 16.8. The van der Waals surface area contributed by atoms with Gasteiger partial charge in [-0.15, -0.1) is 0 Å². The molecule has 1 fully saturated rings. The number of carbonyl (C=O) groups is 1. The molecule has 2 aromatic rings. The zero-order valence-electron chi connectivity index (χ0n) is 13.7. The maximum absolute atomic E-state index is 10.8. The second-order valence-electron chi connectivity index (χ2n) is 6.28. The van der Waals surface area contributed by atoms with E-state index in [0.29, 0.717) is 18.2 Å². The van der Waals surface area contributed by atoms with Gasteiger partial charge in [0.05, 0.1) is 11.7 Å². The van der Waals surface area contributed by atoms with Crippen molar-refractivity contribution < 1.29 is 14.6 Å². The summed E-state index contributed by atoms with van der Waals surface area (Å²) in [6, 6.07) is 15.2. The van der Waals surface area contributed by atoms with Crippen molar-refractivity contribution in [2.75, 3.05) is 0 Å². The first kappa shape index (κ1) is 16.5. The fraction of sp³-hybridized carbons (Fsp3) is 0.350. The molecule has 0 aliphatic heterocycles. The Morgan fingerprint density at radius 1 is 1.04 bits per heavy atom. The lowest BCUT2D eigenvalue weighted by Gasteiger charge is -2.14. The van der Waals surface area contributed by atoms with Crippen molar-refractivity contribution in [2.24, 2.45) is 0 Å². The van der Waals surface area contributed by atoms with Crippen LogP contribution in [-0.4, -0.2) is 17.2 Å². The molecule has 0 amide bonds. The topological polar surface area (TPSA) is 58.6 Å². The molecule has 0 saturated heterocycles. The average molecular weight is 325 g/mol. The SMILES string of the molecule is O=C(O)c1ccc(CNCc2cccc(OC3CCCC3)c2)cc1. The molecule has 1 aliphatic carbocycles. The van der Waals surface area contributed by atoms with E-state index in [2.05, 4.69) is 17.4 Å². The summed E-state index contributed by atoms with van der Waals surface area (Å²) in [5, 5.41) is 12.3. The Balaban J connectivity index is 1.50. The van der Waals surface area contributed by atoms with Crippen LogP contribution in [0.2, 0.25) is 0 Å². The van der Waals surface area contributed by atoms with E-state index < -0.39 is 5.97 Å². The van der Waals surface area contributed by atoms with Crippen LogP contribution in [0.3, 0.4) is 0 Å². The number of aromatic carboxylic acids is 1. The van der Waals surface area contributed by atoms with Gasteiger partial charge >= 0.3 is 5.97 Å². The lowest BCUT2D eigenvalue weighted by atomic mass is 10.1. The molecule has 1 saturated carbocycles. The molecule has 0 heterocycles. The molecule has 0 radical (unpaired) electrons. The van der Waals surface area contributed by atoms with Crippen LogP contribution < -0.4 is 10.1 Å². The lowest BCUT2D eigenvalue weighted by Crippen LogP contribution is -2.14. The lowest BCUT2D eigenvalue weighted by molar-refractivity contribution is 0.0697. The molecule has 3 rings (SSSR count). The summed E-state index contributed by atoms with van der Waals surface area (Å²) >= 11 is 0.